The third-order valence-corrected chi connectivity index (χ3v) is 2.89. The second kappa shape index (κ2) is 8.05. The van der Waals surface area contributed by atoms with Crippen LogP contribution in [-0.2, 0) is 0 Å². The Labute approximate surface area is 93.3 Å². The van der Waals surface area contributed by atoms with Crippen LogP contribution in [0.3, 0.4) is 0 Å². The molecule has 15 heavy (non-hydrogen) atoms. The number of hydrogen-bond donors (Lipinski definition) is 3. The first kappa shape index (κ1) is 14.8. The van der Waals surface area contributed by atoms with E-state index in [0.29, 0.717) is 13.1 Å². The Morgan fingerprint density at radius 3 is 2.07 bits per heavy atom. The fourth-order valence-corrected chi connectivity index (χ4v) is 1.81. The lowest BCUT2D eigenvalue weighted by molar-refractivity contribution is 0.110. The standard InChI is InChI=1S/C11H26N2O2/c1-4-11(2,9-12-3)10-13(5-7-14)6-8-15/h12,14-15H,4-10H2,1-3H3. The molecule has 0 aliphatic heterocycles. The monoisotopic (exact) mass is 218 g/mol. The fraction of sp³-hybridized carbons (Fsp3) is 1.00. The second-order valence-corrected chi connectivity index (χ2v) is 4.42. The zero-order valence-corrected chi connectivity index (χ0v) is 10.3. The van der Waals surface area contributed by atoms with Crippen LogP contribution in [0, 0.1) is 5.41 Å². The highest BCUT2D eigenvalue weighted by Crippen LogP contribution is 2.21. The van der Waals surface area contributed by atoms with Gasteiger partial charge in [-0.1, -0.05) is 13.8 Å². The van der Waals surface area contributed by atoms with Gasteiger partial charge in [0.25, 0.3) is 0 Å². The van der Waals surface area contributed by atoms with Gasteiger partial charge < -0.3 is 15.5 Å². The molecule has 0 aliphatic carbocycles. The average molecular weight is 218 g/mol. The highest BCUT2D eigenvalue weighted by molar-refractivity contribution is 4.79. The van der Waals surface area contributed by atoms with Crippen molar-refractivity contribution in [2.24, 2.45) is 5.41 Å². The summed E-state index contributed by atoms with van der Waals surface area (Å²) in [6.45, 7) is 7.85. The van der Waals surface area contributed by atoms with Crippen LogP contribution in [0.2, 0.25) is 0 Å². The number of nitrogens with one attached hydrogen (secondary N) is 1. The van der Waals surface area contributed by atoms with E-state index in [9.17, 15) is 0 Å². The topological polar surface area (TPSA) is 55.7 Å². The molecule has 0 aromatic carbocycles. The van der Waals surface area contributed by atoms with E-state index in [2.05, 4.69) is 24.1 Å². The van der Waals surface area contributed by atoms with Crippen molar-refractivity contribution in [1.82, 2.24) is 10.2 Å². The van der Waals surface area contributed by atoms with Crippen molar-refractivity contribution in [3.05, 3.63) is 0 Å². The van der Waals surface area contributed by atoms with E-state index in [4.69, 9.17) is 10.2 Å². The quantitative estimate of drug-likeness (QED) is 0.506. The lowest BCUT2D eigenvalue weighted by Gasteiger charge is -2.34. The maximum absolute atomic E-state index is 8.92. The predicted octanol–water partition coefficient (Wildman–Crippen LogP) is -0.0913. The molecule has 0 radical (unpaired) electrons. The van der Waals surface area contributed by atoms with E-state index in [1.807, 2.05) is 7.05 Å². The van der Waals surface area contributed by atoms with Crippen molar-refractivity contribution < 1.29 is 10.2 Å². The molecule has 4 nitrogen and oxygen atoms in total. The molecule has 0 bridgehead atoms. The first-order valence-corrected chi connectivity index (χ1v) is 5.70. The normalized spacial score (nSPS) is 15.6. The Morgan fingerprint density at radius 1 is 1.20 bits per heavy atom. The summed E-state index contributed by atoms with van der Waals surface area (Å²) in [7, 11) is 1.95. The summed E-state index contributed by atoms with van der Waals surface area (Å²) in [5.41, 5.74) is 0.207. The van der Waals surface area contributed by atoms with Gasteiger partial charge in [-0.05, 0) is 18.9 Å². The van der Waals surface area contributed by atoms with Crippen molar-refractivity contribution in [3.8, 4) is 0 Å². The molecule has 0 heterocycles. The molecule has 0 aliphatic rings. The van der Waals surface area contributed by atoms with Crippen LogP contribution < -0.4 is 5.32 Å². The smallest absolute Gasteiger partial charge is 0.0558 e. The number of aliphatic hydroxyl groups excluding tert-OH is 2. The highest BCUT2D eigenvalue weighted by atomic mass is 16.3. The number of nitrogens with zero attached hydrogens (tertiary/aromatic N) is 1. The van der Waals surface area contributed by atoms with Gasteiger partial charge in [0.1, 0.15) is 0 Å². The van der Waals surface area contributed by atoms with Gasteiger partial charge in [-0.3, -0.25) is 4.90 Å². The molecular formula is C11H26N2O2. The maximum Gasteiger partial charge on any atom is 0.0558 e. The summed E-state index contributed by atoms with van der Waals surface area (Å²) < 4.78 is 0. The summed E-state index contributed by atoms with van der Waals surface area (Å²) in [6.07, 6.45) is 1.08. The Balaban J connectivity index is 4.19. The van der Waals surface area contributed by atoms with Crippen molar-refractivity contribution in [2.75, 3.05) is 46.4 Å². The van der Waals surface area contributed by atoms with Crippen LogP contribution in [0.25, 0.3) is 0 Å². The summed E-state index contributed by atoms with van der Waals surface area (Å²) in [4.78, 5) is 2.11. The van der Waals surface area contributed by atoms with Crippen LogP contribution in [-0.4, -0.2) is 61.6 Å². The van der Waals surface area contributed by atoms with Crippen molar-refractivity contribution in [1.29, 1.82) is 0 Å². The summed E-state index contributed by atoms with van der Waals surface area (Å²) >= 11 is 0. The molecule has 0 fully saturated rings. The van der Waals surface area contributed by atoms with Crippen LogP contribution in [0.4, 0.5) is 0 Å². The second-order valence-electron chi connectivity index (χ2n) is 4.42. The molecule has 1 atom stereocenters. The predicted molar refractivity (Wildman–Crippen MR) is 62.9 cm³/mol. The lowest BCUT2D eigenvalue weighted by Crippen LogP contribution is -2.43. The number of hydrogen-bond acceptors (Lipinski definition) is 4. The third-order valence-electron chi connectivity index (χ3n) is 2.89. The van der Waals surface area contributed by atoms with E-state index in [0.717, 1.165) is 19.5 Å². The van der Waals surface area contributed by atoms with Gasteiger partial charge in [0.05, 0.1) is 13.2 Å². The maximum atomic E-state index is 8.92. The van der Waals surface area contributed by atoms with E-state index in [1.54, 1.807) is 0 Å². The van der Waals surface area contributed by atoms with Gasteiger partial charge in [0.15, 0.2) is 0 Å². The van der Waals surface area contributed by atoms with Crippen molar-refractivity contribution >= 4 is 0 Å². The SMILES string of the molecule is CCC(C)(CNC)CN(CCO)CCO. The molecule has 0 saturated heterocycles. The first-order valence-electron chi connectivity index (χ1n) is 5.70. The molecule has 92 valence electrons. The minimum absolute atomic E-state index is 0.152. The van der Waals surface area contributed by atoms with Crippen molar-refractivity contribution in [2.45, 2.75) is 20.3 Å². The Morgan fingerprint density at radius 2 is 1.73 bits per heavy atom. The van der Waals surface area contributed by atoms with E-state index in [1.165, 1.54) is 0 Å². The fourth-order valence-electron chi connectivity index (χ4n) is 1.81. The third kappa shape index (κ3) is 6.10. The van der Waals surface area contributed by atoms with Crippen LogP contribution in [0.1, 0.15) is 20.3 Å². The molecule has 3 N–H and O–H groups in total. The lowest BCUT2D eigenvalue weighted by atomic mass is 9.87. The molecule has 1 unspecified atom stereocenters. The van der Waals surface area contributed by atoms with Crippen LogP contribution in [0.5, 0.6) is 0 Å². The summed E-state index contributed by atoms with van der Waals surface area (Å²) in [5.74, 6) is 0. The van der Waals surface area contributed by atoms with Crippen molar-refractivity contribution in [3.63, 3.8) is 0 Å². The van der Waals surface area contributed by atoms with Gasteiger partial charge >= 0.3 is 0 Å². The summed E-state index contributed by atoms with van der Waals surface area (Å²) in [5, 5.41) is 21.0. The van der Waals surface area contributed by atoms with E-state index in [-0.39, 0.29) is 18.6 Å². The minimum atomic E-state index is 0.152. The number of aliphatic hydroxyl groups is 2. The molecular weight excluding hydrogens is 192 g/mol. The molecule has 0 rings (SSSR count). The Bertz CT molecular complexity index is 150. The van der Waals surface area contributed by atoms with Gasteiger partial charge in [-0.25, -0.2) is 0 Å². The molecule has 0 spiro atoms. The van der Waals surface area contributed by atoms with Crippen LogP contribution >= 0.6 is 0 Å². The molecule has 0 amide bonds. The minimum Gasteiger partial charge on any atom is -0.395 e. The zero-order valence-electron chi connectivity index (χ0n) is 10.3. The van der Waals surface area contributed by atoms with E-state index < -0.39 is 0 Å². The van der Waals surface area contributed by atoms with Gasteiger partial charge in [-0.15, -0.1) is 0 Å². The van der Waals surface area contributed by atoms with Crippen LogP contribution in [0.15, 0.2) is 0 Å². The molecule has 0 saturated carbocycles. The number of rotatable bonds is 9. The molecule has 4 heteroatoms. The summed E-state index contributed by atoms with van der Waals surface area (Å²) in [6, 6.07) is 0. The van der Waals surface area contributed by atoms with Gasteiger partial charge in [0.2, 0.25) is 0 Å². The highest BCUT2D eigenvalue weighted by Gasteiger charge is 2.24. The van der Waals surface area contributed by atoms with Gasteiger partial charge in [-0.2, -0.15) is 0 Å². The molecule has 0 aromatic rings. The molecule has 0 aromatic heterocycles. The van der Waals surface area contributed by atoms with Gasteiger partial charge in [0, 0.05) is 26.2 Å². The zero-order chi connectivity index (χ0) is 11.7. The average Bonchev–Trinajstić information content (AvgIpc) is 2.19. The first-order chi connectivity index (χ1) is 7.11. The van der Waals surface area contributed by atoms with E-state index >= 15 is 0 Å². The Hall–Kier alpha value is -0.160. The largest absolute Gasteiger partial charge is 0.395 e. The Kier molecular flexibility index (Phi) is 7.96.